The highest BCUT2D eigenvalue weighted by Gasteiger charge is 2.04. The Balaban J connectivity index is 2.32. The number of hydrogen-bond donors (Lipinski definition) is 1. The Labute approximate surface area is 112 Å². The molecule has 0 saturated carbocycles. The van der Waals surface area contributed by atoms with E-state index in [9.17, 15) is 0 Å². The molecule has 0 unspecified atom stereocenters. The molecule has 0 aromatic carbocycles. The van der Waals surface area contributed by atoms with Crippen molar-refractivity contribution >= 4 is 5.95 Å². The predicted molar refractivity (Wildman–Crippen MR) is 79.1 cm³/mol. The van der Waals surface area contributed by atoms with Crippen molar-refractivity contribution in [1.29, 1.82) is 0 Å². The van der Waals surface area contributed by atoms with Crippen LogP contribution in [0, 0.1) is 12.8 Å². The molecule has 3 heteroatoms. The SMILES string of the molecule is CCCCn1cc(C)nc1NCCCCC(C)C. The second-order valence-corrected chi connectivity index (χ2v) is 5.57. The van der Waals surface area contributed by atoms with Gasteiger partial charge in [-0.15, -0.1) is 0 Å². The smallest absolute Gasteiger partial charge is 0.203 e. The molecule has 0 aliphatic rings. The number of rotatable bonds is 9. The first kappa shape index (κ1) is 15.1. The third-order valence-electron chi connectivity index (χ3n) is 3.14. The second-order valence-electron chi connectivity index (χ2n) is 5.57. The minimum absolute atomic E-state index is 0.818. The molecule has 0 aliphatic carbocycles. The molecule has 18 heavy (non-hydrogen) atoms. The summed E-state index contributed by atoms with van der Waals surface area (Å²) in [5, 5.41) is 3.47. The van der Waals surface area contributed by atoms with Gasteiger partial charge in [0.1, 0.15) is 0 Å². The maximum Gasteiger partial charge on any atom is 0.203 e. The fourth-order valence-electron chi connectivity index (χ4n) is 2.06. The lowest BCUT2D eigenvalue weighted by Crippen LogP contribution is -2.09. The maximum absolute atomic E-state index is 4.55. The van der Waals surface area contributed by atoms with Crippen LogP contribution in [0.25, 0.3) is 0 Å². The molecule has 1 N–H and O–H groups in total. The molecule has 1 rings (SSSR count). The van der Waals surface area contributed by atoms with Gasteiger partial charge < -0.3 is 9.88 Å². The molecular weight excluding hydrogens is 222 g/mol. The van der Waals surface area contributed by atoms with Crippen molar-refractivity contribution < 1.29 is 0 Å². The van der Waals surface area contributed by atoms with E-state index in [0.717, 1.165) is 30.6 Å². The van der Waals surface area contributed by atoms with Crippen LogP contribution in [0.15, 0.2) is 6.20 Å². The van der Waals surface area contributed by atoms with E-state index >= 15 is 0 Å². The Bertz CT molecular complexity index is 328. The zero-order chi connectivity index (χ0) is 13.4. The third-order valence-corrected chi connectivity index (χ3v) is 3.14. The summed E-state index contributed by atoms with van der Waals surface area (Å²) in [4.78, 5) is 4.55. The van der Waals surface area contributed by atoms with Gasteiger partial charge in [-0.25, -0.2) is 4.98 Å². The summed E-state index contributed by atoms with van der Waals surface area (Å²) in [6.45, 7) is 11.0. The first-order chi connectivity index (χ1) is 8.63. The summed E-state index contributed by atoms with van der Waals surface area (Å²) >= 11 is 0. The Morgan fingerprint density at radius 2 is 2.06 bits per heavy atom. The number of hydrogen-bond acceptors (Lipinski definition) is 2. The van der Waals surface area contributed by atoms with Crippen LogP contribution in [0.3, 0.4) is 0 Å². The van der Waals surface area contributed by atoms with E-state index in [-0.39, 0.29) is 0 Å². The van der Waals surface area contributed by atoms with Gasteiger partial charge in [-0.1, -0.05) is 40.0 Å². The lowest BCUT2D eigenvalue weighted by atomic mass is 10.1. The number of nitrogens with one attached hydrogen (secondary N) is 1. The van der Waals surface area contributed by atoms with Crippen molar-refractivity contribution in [3.05, 3.63) is 11.9 Å². The molecular formula is C15H29N3. The average molecular weight is 251 g/mol. The molecule has 1 aromatic rings. The molecule has 1 heterocycles. The van der Waals surface area contributed by atoms with E-state index in [4.69, 9.17) is 0 Å². The van der Waals surface area contributed by atoms with E-state index in [1.807, 2.05) is 0 Å². The van der Waals surface area contributed by atoms with Crippen molar-refractivity contribution in [3.63, 3.8) is 0 Å². The number of imidazole rings is 1. The Kier molecular flexibility index (Phi) is 6.84. The minimum atomic E-state index is 0.818. The van der Waals surface area contributed by atoms with Gasteiger partial charge in [-0.2, -0.15) is 0 Å². The molecule has 0 spiro atoms. The highest BCUT2D eigenvalue weighted by molar-refractivity contribution is 5.28. The zero-order valence-corrected chi connectivity index (χ0v) is 12.5. The molecule has 0 saturated heterocycles. The number of aromatic nitrogens is 2. The van der Waals surface area contributed by atoms with Crippen LogP contribution in [-0.2, 0) is 6.54 Å². The van der Waals surface area contributed by atoms with Gasteiger partial charge >= 0.3 is 0 Å². The Hall–Kier alpha value is -0.990. The summed E-state index contributed by atoms with van der Waals surface area (Å²) in [7, 11) is 0. The van der Waals surface area contributed by atoms with Crippen LogP contribution in [0.4, 0.5) is 5.95 Å². The van der Waals surface area contributed by atoms with Crippen molar-refractivity contribution in [3.8, 4) is 0 Å². The normalized spacial score (nSPS) is 11.2. The fraction of sp³-hybridized carbons (Fsp3) is 0.800. The molecule has 0 bridgehead atoms. The lowest BCUT2D eigenvalue weighted by Gasteiger charge is -2.09. The Morgan fingerprint density at radius 3 is 2.72 bits per heavy atom. The third kappa shape index (κ3) is 5.56. The lowest BCUT2D eigenvalue weighted by molar-refractivity contribution is 0.543. The van der Waals surface area contributed by atoms with Crippen molar-refractivity contribution in [2.24, 2.45) is 5.92 Å². The number of nitrogens with zero attached hydrogens (tertiary/aromatic N) is 2. The predicted octanol–water partition coefficient (Wildman–Crippen LogP) is 4.23. The summed E-state index contributed by atoms with van der Waals surface area (Å²) in [6, 6.07) is 0. The highest BCUT2D eigenvalue weighted by Crippen LogP contribution is 2.11. The number of anilines is 1. The van der Waals surface area contributed by atoms with Gasteiger partial charge in [0.05, 0.1) is 5.69 Å². The topological polar surface area (TPSA) is 29.9 Å². The quantitative estimate of drug-likeness (QED) is 0.666. The number of aryl methyl sites for hydroxylation is 2. The van der Waals surface area contributed by atoms with E-state index in [1.165, 1.54) is 32.1 Å². The van der Waals surface area contributed by atoms with Gasteiger partial charge in [-0.3, -0.25) is 0 Å². The molecule has 104 valence electrons. The molecule has 0 fully saturated rings. The minimum Gasteiger partial charge on any atom is -0.356 e. The van der Waals surface area contributed by atoms with Gasteiger partial charge in [-0.05, 0) is 25.7 Å². The van der Waals surface area contributed by atoms with Crippen LogP contribution in [0.5, 0.6) is 0 Å². The van der Waals surface area contributed by atoms with Gasteiger partial charge in [0, 0.05) is 19.3 Å². The van der Waals surface area contributed by atoms with E-state index in [0.29, 0.717) is 0 Å². The summed E-state index contributed by atoms with van der Waals surface area (Å²) < 4.78 is 2.25. The standard InChI is InChI=1S/C15H29N3/c1-5-6-11-18-12-14(4)17-15(18)16-10-8-7-9-13(2)3/h12-13H,5-11H2,1-4H3,(H,16,17). The van der Waals surface area contributed by atoms with E-state index < -0.39 is 0 Å². The van der Waals surface area contributed by atoms with Gasteiger partial charge in [0.15, 0.2) is 0 Å². The first-order valence-electron chi connectivity index (χ1n) is 7.41. The average Bonchev–Trinajstić information content (AvgIpc) is 2.66. The van der Waals surface area contributed by atoms with Crippen LogP contribution in [0.1, 0.15) is 58.6 Å². The molecule has 0 amide bonds. The number of unbranched alkanes of at least 4 members (excludes halogenated alkanes) is 2. The summed E-state index contributed by atoms with van der Waals surface area (Å²) in [5.74, 6) is 1.87. The molecule has 0 aliphatic heterocycles. The van der Waals surface area contributed by atoms with Gasteiger partial charge in [0.25, 0.3) is 0 Å². The molecule has 0 radical (unpaired) electrons. The van der Waals surface area contributed by atoms with Crippen LogP contribution in [-0.4, -0.2) is 16.1 Å². The summed E-state index contributed by atoms with van der Waals surface area (Å²) in [5.41, 5.74) is 1.11. The molecule has 0 atom stereocenters. The summed E-state index contributed by atoms with van der Waals surface area (Å²) in [6.07, 6.45) is 8.46. The van der Waals surface area contributed by atoms with Crippen molar-refractivity contribution in [1.82, 2.24) is 9.55 Å². The fourth-order valence-corrected chi connectivity index (χ4v) is 2.06. The van der Waals surface area contributed by atoms with Crippen molar-refractivity contribution in [2.45, 2.75) is 66.3 Å². The van der Waals surface area contributed by atoms with Crippen LogP contribution < -0.4 is 5.32 Å². The van der Waals surface area contributed by atoms with Crippen LogP contribution in [0.2, 0.25) is 0 Å². The van der Waals surface area contributed by atoms with E-state index in [1.54, 1.807) is 0 Å². The largest absolute Gasteiger partial charge is 0.356 e. The van der Waals surface area contributed by atoms with E-state index in [2.05, 4.69) is 48.8 Å². The zero-order valence-electron chi connectivity index (χ0n) is 12.5. The molecule has 1 aromatic heterocycles. The van der Waals surface area contributed by atoms with Gasteiger partial charge in [0.2, 0.25) is 5.95 Å². The van der Waals surface area contributed by atoms with Crippen molar-refractivity contribution in [2.75, 3.05) is 11.9 Å². The second kappa shape index (κ2) is 8.17. The Morgan fingerprint density at radius 1 is 1.28 bits per heavy atom. The monoisotopic (exact) mass is 251 g/mol. The maximum atomic E-state index is 4.55. The van der Waals surface area contributed by atoms with Crippen LogP contribution >= 0.6 is 0 Å². The highest BCUT2D eigenvalue weighted by atomic mass is 15.2. The molecule has 3 nitrogen and oxygen atoms in total. The first-order valence-corrected chi connectivity index (χ1v) is 7.41.